The summed E-state index contributed by atoms with van der Waals surface area (Å²) in [5.41, 5.74) is 8.24. The molecule has 0 unspecified atom stereocenters. The Morgan fingerprint density at radius 1 is 0.754 bits per heavy atom. The van der Waals surface area contributed by atoms with Crippen molar-refractivity contribution >= 4 is 105 Å². The van der Waals surface area contributed by atoms with Gasteiger partial charge in [0.05, 0.1) is 27.0 Å². The van der Waals surface area contributed by atoms with E-state index in [0.717, 1.165) is 88.2 Å². The Labute approximate surface area is 348 Å². The first kappa shape index (κ1) is 40.6. The van der Waals surface area contributed by atoms with Crippen molar-refractivity contribution in [1.82, 2.24) is 20.2 Å². The minimum atomic E-state index is -0.536. The lowest BCUT2D eigenvalue weighted by atomic mass is 10.0. The molecule has 2 aliphatic rings. The van der Waals surface area contributed by atoms with Gasteiger partial charge in [-0.2, -0.15) is 0 Å². The highest BCUT2D eigenvalue weighted by molar-refractivity contribution is 7.23. The van der Waals surface area contributed by atoms with Crippen LogP contribution in [0.4, 0.5) is 26.2 Å². The third-order valence-corrected chi connectivity index (χ3v) is 13.8. The van der Waals surface area contributed by atoms with E-state index >= 15 is 0 Å². The van der Waals surface area contributed by atoms with Gasteiger partial charge < -0.3 is 35.4 Å². The first-order valence-electron chi connectivity index (χ1n) is 18.7. The van der Waals surface area contributed by atoms with Gasteiger partial charge in [0.25, 0.3) is 0 Å². The molecule has 3 amide bonds. The largest absolute Gasteiger partial charge is 0.444 e. The van der Waals surface area contributed by atoms with Crippen molar-refractivity contribution in [2.24, 2.45) is 0 Å². The van der Waals surface area contributed by atoms with Crippen LogP contribution >= 0.6 is 45.3 Å². The van der Waals surface area contributed by atoms with Gasteiger partial charge in [-0.25, -0.2) is 14.8 Å². The molecule has 0 aliphatic carbocycles. The van der Waals surface area contributed by atoms with Gasteiger partial charge in [0.2, 0.25) is 11.8 Å². The van der Waals surface area contributed by atoms with E-state index < -0.39 is 5.60 Å². The highest BCUT2D eigenvalue weighted by atomic mass is 32.1. The predicted octanol–water partition coefficient (Wildman–Crippen LogP) is 9.04. The SMILES string of the molecule is CC(=O)Nc1sc2c(c1-c1nc3cc(N(C)C)ccc3s1)CCN(C(=O)OC(C)(C)C)C2.CC(=O)Nc1sc2c(c1-c1nc3cc(N(C)C)ccc3s1)CCNC2. The Bertz CT molecular complexity index is 2490. The number of hydrogen-bond acceptors (Lipinski definition) is 13. The minimum Gasteiger partial charge on any atom is -0.444 e. The Kier molecular flexibility index (Phi) is 11.6. The zero-order chi connectivity index (χ0) is 40.8. The lowest BCUT2D eigenvalue weighted by Gasteiger charge is -2.30. The fourth-order valence-electron chi connectivity index (χ4n) is 6.77. The number of thiazole rings is 2. The summed E-state index contributed by atoms with van der Waals surface area (Å²) in [5, 5.41) is 13.0. The van der Waals surface area contributed by atoms with Crippen LogP contribution in [0.3, 0.4) is 0 Å². The molecule has 0 saturated heterocycles. The average Bonchev–Trinajstić information content (AvgIpc) is 3.91. The fourth-order valence-corrected chi connectivity index (χ4v) is 11.5. The maximum absolute atomic E-state index is 12.6. The summed E-state index contributed by atoms with van der Waals surface area (Å²) in [7, 11) is 8.08. The number of carbonyl (C=O) groups is 3. The third-order valence-electron chi connectivity index (χ3n) is 9.42. The van der Waals surface area contributed by atoms with E-state index in [-0.39, 0.29) is 17.9 Å². The van der Waals surface area contributed by atoms with Gasteiger partial charge in [-0.05, 0) is 87.7 Å². The predicted molar refractivity (Wildman–Crippen MR) is 239 cm³/mol. The fraction of sp³-hybridized carbons (Fsp3) is 0.390. The van der Waals surface area contributed by atoms with E-state index in [1.807, 2.05) is 49.0 Å². The molecule has 0 fully saturated rings. The second-order valence-corrected chi connectivity index (χ2v) is 19.8. The van der Waals surface area contributed by atoms with Crippen molar-refractivity contribution < 1.29 is 19.1 Å². The lowest BCUT2D eigenvalue weighted by Crippen LogP contribution is -2.39. The Balaban J connectivity index is 0.000000179. The summed E-state index contributed by atoms with van der Waals surface area (Å²) < 4.78 is 7.83. The highest BCUT2D eigenvalue weighted by Gasteiger charge is 2.31. The van der Waals surface area contributed by atoms with E-state index in [2.05, 4.69) is 62.1 Å². The monoisotopic (exact) mass is 844 g/mol. The number of benzene rings is 2. The van der Waals surface area contributed by atoms with Crippen molar-refractivity contribution in [3.63, 3.8) is 0 Å². The highest BCUT2D eigenvalue weighted by Crippen LogP contribution is 2.47. The topological polar surface area (TPSA) is 132 Å². The zero-order valence-corrected chi connectivity index (χ0v) is 37.0. The summed E-state index contributed by atoms with van der Waals surface area (Å²) >= 11 is 6.51. The molecule has 2 aromatic carbocycles. The van der Waals surface area contributed by atoms with Crippen molar-refractivity contribution in [2.45, 2.75) is 66.2 Å². The normalized spacial score (nSPS) is 13.7. The Hall–Kier alpha value is -4.61. The number of aromatic nitrogens is 2. The molecule has 0 radical (unpaired) electrons. The van der Waals surface area contributed by atoms with Crippen LogP contribution in [0.5, 0.6) is 0 Å². The number of amides is 3. The zero-order valence-electron chi connectivity index (χ0n) is 33.7. The first-order chi connectivity index (χ1) is 27.0. The number of thiophene rings is 2. The van der Waals surface area contributed by atoms with Gasteiger partial charge in [0.15, 0.2) is 0 Å². The molecule has 57 heavy (non-hydrogen) atoms. The summed E-state index contributed by atoms with van der Waals surface area (Å²) in [5.74, 6) is -0.159. The van der Waals surface area contributed by atoms with Gasteiger partial charge in [0, 0.05) is 87.4 Å². The van der Waals surface area contributed by atoms with E-state index in [0.29, 0.717) is 19.5 Å². The molecule has 16 heteroatoms. The maximum Gasteiger partial charge on any atom is 0.410 e. The number of nitrogens with zero attached hydrogens (tertiary/aromatic N) is 5. The number of anilines is 4. The molecule has 6 aromatic rings. The molecular weight excluding hydrogens is 797 g/mol. The molecule has 8 rings (SSSR count). The quantitative estimate of drug-likeness (QED) is 0.150. The van der Waals surface area contributed by atoms with Crippen molar-refractivity contribution in [3.8, 4) is 21.1 Å². The summed E-state index contributed by atoms with van der Waals surface area (Å²) in [6, 6.07) is 12.6. The molecule has 300 valence electrons. The Morgan fingerprint density at radius 2 is 1.26 bits per heavy atom. The number of hydrogen-bond donors (Lipinski definition) is 3. The van der Waals surface area contributed by atoms with Crippen molar-refractivity contribution in [3.05, 3.63) is 57.3 Å². The van der Waals surface area contributed by atoms with E-state index in [4.69, 9.17) is 14.7 Å². The summed E-state index contributed by atoms with van der Waals surface area (Å²) in [6.45, 7) is 11.5. The lowest BCUT2D eigenvalue weighted by molar-refractivity contribution is -0.115. The second-order valence-electron chi connectivity index (χ2n) is 15.5. The van der Waals surface area contributed by atoms with Crippen LogP contribution < -0.4 is 25.8 Å². The number of carbonyl (C=O) groups excluding carboxylic acids is 3. The summed E-state index contributed by atoms with van der Waals surface area (Å²) in [4.78, 5) is 54.2. The molecule has 0 atom stereocenters. The molecule has 4 aromatic heterocycles. The molecule has 6 heterocycles. The standard InChI is InChI=1S/C23H28N4O3S2.C18H20N4OS2/c1-13(28)24-20-19(21-25-16-11-14(26(5)6)7-8-17(16)31-21)15-9-10-27(12-18(15)32-20)22(29)30-23(2,3)4;1-10(23)20-17-16(12-6-7-19-9-15(12)25-17)18-21-13-8-11(22(2)3)4-5-14(13)24-18/h7-8,11H,9-10,12H2,1-6H3,(H,24,28);4-5,8,19H,6-7,9H2,1-3H3,(H,20,23). The molecule has 0 spiro atoms. The van der Waals surface area contributed by atoms with Gasteiger partial charge in [0.1, 0.15) is 25.6 Å². The second kappa shape index (κ2) is 16.3. The van der Waals surface area contributed by atoms with Crippen LogP contribution in [-0.4, -0.2) is 79.7 Å². The number of nitrogens with one attached hydrogen (secondary N) is 3. The van der Waals surface area contributed by atoms with Crippen LogP contribution in [0.2, 0.25) is 0 Å². The van der Waals surface area contributed by atoms with Crippen molar-refractivity contribution in [2.75, 3.05) is 61.7 Å². The van der Waals surface area contributed by atoms with E-state index in [9.17, 15) is 14.4 Å². The average molecular weight is 845 g/mol. The molecule has 12 nitrogen and oxygen atoms in total. The van der Waals surface area contributed by atoms with Crippen LogP contribution in [0, 0.1) is 0 Å². The van der Waals surface area contributed by atoms with Gasteiger partial charge >= 0.3 is 6.09 Å². The van der Waals surface area contributed by atoms with E-state index in [1.54, 1.807) is 45.8 Å². The van der Waals surface area contributed by atoms with Crippen LogP contribution in [-0.2, 0) is 40.3 Å². The number of fused-ring (bicyclic) bond motifs is 4. The maximum atomic E-state index is 12.6. The van der Waals surface area contributed by atoms with Gasteiger partial charge in [-0.3, -0.25) is 9.59 Å². The Morgan fingerprint density at radius 3 is 1.75 bits per heavy atom. The molecular formula is C41H48N8O4S4. The van der Waals surface area contributed by atoms with Gasteiger partial charge in [-0.15, -0.1) is 45.3 Å². The molecule has 0 bridgehead atoms. The molecule has 0 saturated carbocycles. The minimum absolute atomic E-state index is 0.0381. The van der Waals surface area contributed by atoms with Crippen molar-refractivity contribution in [1.29, 1.82) is 0 Å². The smallest absolute Gasteiger partial charge is 0.410 e. The molecule has 2 aliphatic heterocycles. The summed E-state index contributed by atoms with van der Waals surface area (Å²) in [6.07, 6.45) is 1.36. The van der Waals surface area contributed by atoms with Gasteiger partial charge in [-0.1, -0.05) is 0 Å². The first-order valence-corrected chi connectivity index (χ1v) is 22.0. The van der Waals surface area contributed by atoms with E-state index in [1.165, 1.54) is 33.4 Å². The molecule has 3 N–H and O–H groups in total. The van der Waals surface area contributed by atoms with Crippen LogP contribution in [0.15, 0.2) is 36.4 Å². The number of ether oxygens (including phenoxy) is 1. The number of rotatable bonds is 6. The third kappa shape index (κ3) is 8.94. The van der Waals surface area contributed by atoms with Crippen LogP contribution in [0.1, 0.15) is 55.5 Å². The van der Waals surface area contributed by atoms with Crippen LogP contribution in [0.25, 0.3) is 41.6 Å².